The van der Waals surface area contributed by atoms with Crippen LogP contribution < -0.4 is 10.6 Å². The molecule has 9 heteroatoms. The Morgan fingerprint density at radius 2 is 2.17 bits per heavy atom. The number of imide groups is 1. The molecule has 0 spiro atoms. The van der Waals surface area contributed by atoms with Gasteiger partial charge in [-0.15, -0.1) is 11.3 Å². The molecule has 0 aliphatic carbocycles. The highest BCUT2D eigenvalue weighted by Crippen LogP contribution is 2.20. The van der Waals surface area contributed by atoms with Crippen molar-refractivity contribution < 1.29 is 23.9 Å². The minimum atomic E-state index is -1.00. The number of urea groups is 1. The van der Waals surface area contributed by atoms with Crippen LogP contribution in [0.1, 0.15) is 25.1 Å². The Kier molecular flexibility index (Phi) is 5.55. The minimum absolute atomic E-state index is 0.357. The number of rotatable bonds is 7. The molecule has 0 bridgehead atoms. The molecule has 2 heterocycles. The smallest absolute Gasteiger partial charge is 0.326 e. The van der Waals surface area contributed by atoms with Crippen LogP contribution >= 0.6 is 11.3 Å². The van der Waals surface area contributed by atoms with E-state index in [1.165, 1.54) is 11.3 Å². The molecule has 0 aromatic carbocycles. The molecule has 0 saturated carbocycles. The first kappa shape index (κ1) is 17.9. The number of esters is 1. The van der Waals surface area contributed by atoms with E-state index in [9.17, 15) is 19.2 Å². The molecule has 1 aliphatic rings. The van der Waals surface area contributed by atoms with E-state index in [0.29, 0.717) is 13.0 Å². The molecule has 1 aromatic rings. The second kappa shape index (κ2) is 7.43. The van der Waals surface area contributed by atoms with Gasteiger partial charge in [0.25, 0.3) is 11.8 Å². The van der Waals surface area contributed by atoms with Crippen LogP contribution in [-0.2, 0) is 25.7 Å². The summed E-state index contributed by atoms with van der Waals surface area (Å²) in [6.45, 7) is 2.74. The van der Waals surface area contributed by atoms with Crippen molar-refractivity contribution in [2.45, 2.75) is 32.4 Å². The van der Waals surface area contributed by atoms with E-state index in [1.807, 2.05) is 17.5 Å². The Morgan fingerprint density at radius 3 is 2.75 bits per heavy atom. The fourth-order valence-electron chi connectivity index (χ4n) is 2.10. The highest BCUT2D eigenvalue weighted by molar-refractivity contribution is 7.09. The number of amides is 4. The van der Waals surface area contributed by atoms with E-state index < -0.39 is 42.5 Å². The maximum atomic E-state index is 12.1. The first-order chi connectivity index (χ1) is 11.4. The maximum absolute atomic E-state index is 12.1. The second-order valence-electron chi connectivity index (χ2n) is 5.52. The number of hydrogen-bond acceptors (Lipinski definition) is 6. The van der Waals surface area contributed by atoms with Gasteiger partial charge < -0.3 is 15.4 Å². The zero-order valence-corrected chi connectivity index (χ0v) is 14.3. The summed E-state index contributed by atoms with van der Waals surface area (Å²) in [5.41, 5.74) is -1.00. The topological polar surface area (TPSA) is 105 Å². The number of carbonyl (C=O) groups is 4. The van der Waals surface area contributed by atoms with Crippen molar-refractivity contribution in [3.05, 3.63) is 22.4 Å². The molecule has 0 radical (unpaired) electrons. The molecule has 1 aliphatic heterocycles. The van der Waals surface area contributed by atoms with Crippen LogP contribution in [-0.4, -0.2) is 47.4 Å². The van der Waals surface area contributed by atoms with Crippen molar-refractivity contribution in [3.63, 3.8) is 0 Å². The minimum Gasteiger partial charge on any atom is -0.454 e. The van der Waals surface area contributed by atoms with Gasteiger partial charge in [-0.3, -0.25) is 19.3 Å². The highest BCUT2D eigenvalue weighted by atomic mass is 32.1. The summed E-state index contributed by atoms with van der Waals surface area (Å²) < 4.78 is 4.81. The van der Waals surface area contributed by atoms with E-state index in [0.717, 1.165) is 9.78 Å². The van der Waals surface area contributed by atoms with Crippen LogP contribution in [0.3, 0.4) is 0 Å². The normalized spacial score (nSPS) is 20.0. The van der Waals surface area contributed by atoms with Gasteiger partial charge >= 0.3 is 12.0 Å². The van der Waals surface area contributed by atoms with Gasteiger partial charge in [0.15, 0.2) is 6.61 Å². The lowest BCUT2D eigenvalue weighted by Crippen LogP contribution is -2.43. The summed E-state index contributed by atoms with van der Waals surface area (Å²) in [6.07, 6.45) is 0.411. The second-order valence-corrected chi connectivity index (χ2v) is 6.56. The predicted molar refractivity (Wildman–Crippen MR) is 86.1 cm³/mol. The van der Waals surface area contributed by atoms with Gasteiger partial charge in [-0.1, -0.05) is 13.0 Å². The molecule has 1 unspecified atom stereocenters. The van der Waals surface area contributed by atoms with E-state index in [-0.39, 0.29) is 0 Å². The zero-order chi connectivity index (χ0) is 17.7. The Bertz CT molecular complexity index is 646. The van der Waals surface area contributed by atoms with Crippen LogP contribution in [0.15, 0.2) is 17.5 Å². The average molecular weight is 353 g/mol. The fourth-order valence-corrected chi connectivity index (χ4v) is 2.75. The van der Waals surface area contributed by atoms with Crippen molar-refractivity contribution in [3.8, 4) is 0 Å². The zero-order valence-electron chi connectivity index (χ0n) is 13.5. The third-order valence-electron chi connectivity index (χ3n) is 3.74. The average Bonchev–Trinajstić information content (AvgIpc) is 3.14. The third kappa shape index (κ3) is 4.10. The number of nitrogens with zero attached hydrogens (tertiary/aromatic N) is 1. The summed E-state index contributed by atoms with van der Waals surface area (Å²) in [7, 11) is 0. The summed E-state index contributed by atoms with van der Waals surface area (Å²) in [6, 6.07) is 3.11. The SMILES string of the molecule is CCC1(C)NC(=O)N(CC(=O)OCC(=O)NCc2cccs2)C1=O. The van der Waals surface area contributed by atoms with Crippen LogP contribution in [0.4, 0.5) is 4.79 Å². The molecular weight excluding hydrogens is 334 g/mol. The van der Waals surface area contributed by atoms with Gasteiger partial charge in [-0.2, -0.15) is 0 Å². The molecule has 1 atom stereocenters. The Hall–Kier alpha value is -2.42. The quantitative estimate of drug-likeness (QED) is 0.552. The lowest BCUT2D eigenvalue weighted by molar-refractivity contribution is -0.151. The molecule has 1 fully saturated rings. The van der Waals surface area contributed by atoms with Crippen molar-refractivity contribution in [1.29, 1.82) is 0 Å². The van der Waals surface area contributed by atoms with Crippen molar-refractivity contribution in [1.82, 2.24) is 15.5 Å². The Balaban J connectivity index is 1.76. The number of ether oxygens (including phenoxy) is 1. The first-order valence-corrected chi connectivity index (χ1v) is 8.32. The fraction of sp³-hybridized carbons (Fsp3) is 0.467. The van der Waals surface area contributed by atoms with Crippen LogP contribution in [0.2, 0.25) is 0 Å². The van der Waals surface area contributed by atoms with E-state index in [4.69, 9.17) is 4.74 Å². The van der Waals surface area contributed by atoms with E-state index >= 15 is 0 Å². The summed E-state index contributed by atoms with van der Waals surface area (Å²) in [5.74, 6) is -1.74. The van der Waals surface area contributed by atoms with Gasteiger partial charge in [0, 0.05) is 4.88 Å². The van der Waals surface area contributed by atoms with Gasteiger partial charge in [-0.05, 0) is 24.8 Å². The molecule has 130 valence electrons. The highest BCUT2D eigenvalue weighted by Gasteiger charge is 2.47. The van der Waals surface area contributed by atoms with Crippen LogP contribution in [0, 0.1) is 0 Å². The molecule has 24 heavy (non-hydrogen) atoms. The summed E-state index contributed by atoms with van der Waals surface area (Å²) >= 11 is 1.50. The predicted octanol–water partition coefficient (Wildman–Crippen LogP) is 0.628. The van der Waals surface area contributed by atoms with E-state index in [1.54, 1.807) is 13.8 Å². The lowest BCUT2D eigenvalue weighted by Gasteiger charge is -2.18. The lowest BCUT2D eigenvalue weighted by atomic mass is 9.99. The van der Waals surface area contributed by atoms with Crippen molar-refractivity contribution in [2.24, 2.45) is 0 Å². The standard InChI is InChI=1S/C15H19N3O5S/c1-3-15(2)13(21)18(14(22)17-15)8-12(20)23-9-11(19)16-7-10-5-4-6-24-10/h4-6H,3,7-9H2,1-2H3,(H,16,19)(H,17,22). The summed E-state index contributed by atoms with van der Waals surface area (Å²) in [4.78, 5) is 49.1. The number of carbonyl (C=O) groups excluding carboxylic acids is 4. The number of nitrogens with one attached hydrogen (secondary N) is 2. The van der Waals surface area contributed by atoms with E-state index in [2.05, 4.69) is 10.6 Å². The monoisotopic (exact) mass is 353 g/mol. The Labute approximate surface area is 143 Å². The van der Waals surface area contributed by atoms with Gasteiger partial charge in [-0.25, -0.2) is 4.79 Å². The van der Waals surface area contributed by atoms with Crippen LogP contribution in [0.5, 0.6) is 0 Å². The first-order valence-electron chi connectivity index (χ1n) is 7.44. The molecule has 1 saturated heterocycles. The van der Waals surface area contributed by atoms with Crippen molar-refractivity contribution >= 4 is 35.2 Å². The summed E-state index contributed by atoms with van der Waals surface area (Å²) in [5, 5.41) is 7.04. The Morgan fingerprint density at radius 1 is 1.42 bits per heavy atom. The van der Waals surface area contributed by atoms with Gasteiger partial charge in [0.1, 0.15) is 12.1 Å². The molecule has 4 amide bonds. The largest absolute Gasteiger partial charge is 0.454 e. The third-order valence-corrected chi connectivity index (χ3v) is 4.62. The van der Waals surface area contributed by atoms with Crippen LogP contribution in [0.25, 0.3) is 0 Å². The molecule has 2 rings (SSSR count). The molecule has 2 N–H and O–H groups in total. The van der Waals surface area contributed by atoms with Gasteiger partial charge in [0.2, 0.25) is 0 Å². The van der Waals surface area contributed by atoms with Crippen molar-refractivity contribution in [2.75, 3.05) is 13.2 Å². The number of thiophene rings is 1. The maximum Gasteiger partial charge on any atom is 0.326 e. The molecule has 1 aromatic heterocycles. The molecule has 8 nitrogen and oxygen atoms in total. The molecular formula is C15H19N3O5S. The van der Waals surface area contributed by atoms with Gasteiger partial charge in [0.05, 0.1) is 6.54 Å². The number of hydrogen-bond donors (Lipinski definition) is 2.